The molecule has 0 fully saturated rings. The zero-order valence-electron chi connectivity index (χ0n) is 9.99. The first-order valence-corrected chi connectivity index (χ1v) is 7.65. The number of fused-ring (bicyclic) bond motifs is 1. The number of aromatic amines is 1. The second kappa shape index (κ2) is 5.39. The van der Waals surface area contributed by atoms with Crippen molar-refractivity contribution < 1.29 is 4.39 Å². The van der Waals surface area contributed by atoms with Gasteiger partial charge in [0.1, 0.15) is 5.82 Å². The van der Waals surface area contributed by atoms with Crippen molar-refractivity contribution in [1.82, 2.24) is 4.98 Å². The molecule has 0 amide bonds. The monoisotopic (exact) mass is 335 g/mol. The van der Waals surface area contributed by atoms with Crippen LogP contribution in [0.5, 0.6) is 0 Å². The van der Waals surface area contributed by atoms with Crippen LogP contribution in [0.1, 0.15) is 5.56 Å². The molecule has 0 unspecified atom stereocenters. The zero-order chi connectivity index (χ0) is 13.2. The minimum absolute atomic E-state index is 0.216. The second-order valence-electron chi connectivity index (χ2n) is 4.25. The summed E-state index contributed by atoms with van der Waals surface area (Å²) in [6.45, 7) is 0. The van der Waals surface area contributed by atoms with Crippen molar-refractivity contribution in [2.24, 2.45) is 0 Å². The summed E-state index contributed by atoms with van der Waals surface area (Å²) >= 11 is 5.10. The molecule has 1 aromatic heterocycles. The molecule has 0 spiro atoms. The Morgan fingerprint density at radius 3 is 2.74 bits per heavy atom. The van der Waals surface area contributed by atoms with Gasteiger partial charge in [0.15, 0.2) is 0 Å². The van der Waals surface area contributed by atoms with E-state index in [1.165, 1.54) is 17.5 Å². The Morgan fingerprint density at radius 1 is 1.11 bits per heavy atom. The average molecular weight is 336 g/mol. The molecule has 0 saturated heterocycles. The number of H-pyrrole nitrogens is 1. The highest BCUT2D eigenvalue weighted by Crippen LogP contribution is 2.29. The molecule has 1 N–H and O–H groups in total. The molecule has 96 valence electrons. The Balaban J connectivity index is 1.78. The van der Waals surface area contributed by atoms with Crippen molar-refractivity contribution in [3.63, 3.8) is 0 Å². The normalized spacial score (nSPS) is 11.1. The van der Waals surface area contributed by atoms with Gasteiger partial charge in [-0.25, -0.2) is 4.39 Å². The molecule has 2 aromatic carbocycles. The Bertz CT molecular complexity index is 690. The first kappa shape index (κ1) is 12.8. The van der Waals surface area contributed by atoms with E-state index in [9.17, 15) is 4.39 Å². The molecule has 1 heterocycles. The van der Waals surface area contributed by atoms with Crippen molar-refractivity contribution >= 4 is 38.6 Å². The summed E-state index contributed by atoms with van der Waals surface area (Å²) in [6.07, 6.45) is 0. The van der Waals surface area contributed by atoms with E-state index in [4.69, 9.17) is 0 Å². The van der Waals surface area contributed by atoms with Gasteiger partial charge < -0.3 is 4.98 Å². The van der Waals surface area contributed by atoms with Crippen LogP contribution in [0, 0.1) is 5.82 Å². The Kier molecular flexibility index (Phi) is 3.62. The smallest absolute Gasteiger partial charge is 0.124 e. The highest BCUT2D eigenvalue weighted by molar-refractivity contribution is 9.10. The van der Waals surface area contributed by atoms with Gasteiger partial charge in [-0.3, -0.25) is 0 Å². The summed E-state index contributed by atoms with van der Waals surface area (Å²) in [4.78, 5) is 3.37. The molecule has 19 heavy (non-hydrogen) atoms. The fraction of sp³-hybridized carbons (Fsp3) is 0.0667. The van der Waals surface area contributed by atoms with E-state index in [1.54, 1.807) is 11.8 Å². The van der Waals surface area contributed by atoms with Gasteiger partial charge in [0.05, 0.1) is 5.03 Å². The lowest BCUT2D eigenvalue weighted by Crippen LogP contribution is -1.84. The van der Waals surface area contributed by atoms with Gasteiger partial charge in [-0.1, -0.05) is 40.2 Å². The summed E-state index contributed by atoms with van der Waals surface area (Å²) in [7, 11) is 0. The van der Waals surface area contributed by atoms with Crippen LogP contribution >= 0.6 is 27.7 Å². The van der Waals surface area contributed by atoms with Gasteiger partial charge in [-0.2, -0.15) is 0 Å². The molecule has 0 aliphatic carbocycles. The maximum atomic E-state index is 13.0. The van der Waals surface area contributed by atoms with Crippen molar-refractivity contribution in [3.05, 3.63) is 64.4 Å². The lowest BCUT2D eigenvalue weighted by Gasteiger charge is -2.03. The number of hydrogen-bond acceptors (Lipinski definition) is 1. The average Bonchev–Trinajstić information content (AvgIpc) is 2.80. The minimum Gasteiger partial charge on any atom is -0.350 e. The maximum Gasteiger partial charge on any atom is 0.124 e. The van der Waals surface area contributed by atoms with Gasteiger partial charge in [0.25, 0.3) is 0 Å². The number of halogens is 2. The Hall–Kier alpha value is -1.26. The number of hydrogen-bond donors (Lipinski definition) is 1. The van der Waals surface area contributed by atoms with E-state index in [0.717, 1.165) is 26.3 Å². The molecule has 0 saturated carbocycles. The number of benzene rings is 2. The Labute approximate surface area is 123 Å². The lowest BCUT2D eigenvalue weighted by atomic mass is 10.2. The summed E-state index contributed by atoms with van der Waals surface area (Å²) in [5.41, 5.74) is 2.23. The summed E-state index contributed by atoms with van der Waals surface area (Å²) in [5.74, 6) is 0.583. The highest BCUT2D eigenvalue weighted by Gasteiger charge is 2.05. The third-order valence-corrected chi connectivity index (χ3v) is 4.63. The van der Waals surface area contributed by atoms with E-state index in [2.05, 4.69) is 39.1 Å². The zero-order valence-corrected chi connectivity index (χ0v) is 12.4. The van der Waals surface area contributed by atoms with Crippen molar-refractivity contribution in [2.45, 2.75) is 10.8 Å². The molecular weight excluding hydrogens is 325 g/mol. The second-order valence-corrected chi connectivity index (χ2v) is 6.12. The molecule has 0 aliphatic heterocycles. The molecule has 0 bridgehead atoms. The predicted molar refractivity (Wildman–Crippen MR) is 82.0 cm³/mol. The van der Waals surface area contributed by atoms with Crippen LogP contribution < -0.4 is 0 Å². The number of nitrogens with one attached hydrogen (secondary N) is 1. The third kappa shape index (κ3) is 2.85. The number of para-hydroxylation sites is 1. The van der Waals surface area contributed by atoms with Crippen LogP contribution in [0.4, 0.5) is 4.39 Å². The molecule has 0 atom stereocenters. The van der Waals surface area contributed by atoms with E-state index in [-0.39, 0.29) is 5.82 Å². The van der Waals surface area contributed by atoms with E-state index in [0.29, 0.717) is 0 Å². The first-order valence-electron chi connectivity index (χ1n) is 5.87. The van der Waals surface area contributed by atoms with E-state index >= 15 is 0 Å². The van der Waals surface area contributed by atoms with Crippen LogP contribution in [-0.4, -0.2) is 4.98 Å². The number of thioether (sulfide) groups is 1. The van der Waals surface area contributed by atoms with Gasteiger partial charge in [-0.05, 0) is 29.8 Å². The van der Waals surface area contributed by atoms with Gasteiger partial charge in [0.2, 0.25) is 0 Å². The van der Waals surface area contributed by atoms with Crippen LogP contribution in [0.2, 0.25) is 0 Å². The molecule has 3 rings (SSSR count). The van der Waals surface area contributed by atoms with Crippen molar-refractivity contribution in [1.29, 1.82) is 0 Å². The maximum absolute atomic E-state index is 13.0. The van der Waals surface area contributed by atoms with E-state index < -0.39 is 0 Å². The summed E-state index contributed by atoms with van der Waals surface area (Å²) < 4.78 is 13.8. The van der Waals surface area contributed by atoms with Crippen LogP contribution in [0.3, 0.4) is 0 Å². The number of aromatic nitrogens is 1. The van der Waals surface area contributed by atoms with Crippen molar-refractivity contribution in [2.75, 3.05) is 0 Å². The fourth-order valence-corrected chi connectivity index (χ4v) is 3.55. The van der Waals surface area contributed by atoms with Crippen LogP contribution in [0.15, 0.2) is 58.0 Å². The molecule has 0 aliphatic rings. The molecule has 1 nitrogen and oxygen atoms in total. The van der Waals surface area contributed by atoms with Crippen molar-refractivity contribution in [3.8, 4) is 0 Å². The molecule has 4 heteroatoms. The quantitative estimate of drug-likeness (QED) is 0.637. The number of rotatable bonds is 3. The third-order valence-electron chi connectivity index (χ3n) is 2.90. The first-order chi connectivity index (χ1) is 9.22. The van der Waals surface area contributed by atoms with Gasteiger partial charge in [0, 0.05) is 21.1 Å². The standard InChI is InChI=1S/C15H11BrFNS/c16-13-8-12(17)6-5-11(13)9-19-15-7-10-3-1-2-4-14(10)18-15/h1-8,18H,9H2. The highest BCUT2D eigenvalue weighted by atomic mass is 79.9. The lowest BCUT2D eigenvalue weighted by molar-refractivity contribution is 0.626. The Morgan fingerprint density at radius 2 is 1.95 bits per heavy atom. The fourth-order valence-electron chi connectivity index (χ4n) is 1.92. The predicted octanol–water partition coefficient (Wildman–Crippen LogP) is 5.36. The molecule has 3 aromatic rings. The summed E-state index contributed by atoms with van der Waals surface area (Å²) in [5, 5.41) is 2.33. The molecular formula is C15H11BrFNS. The van der Waals surface area contributed by atoms with Crippen LogP contribution in [-0.2, 0) is 5.75 Å². The van der Waals surface area contributed by atoms with Crippen LogP contribution in [0.25, 0.3) is 10.9 Å². The summed E-state index contributed by atoms with van der Waals surface area (Å²) in [6, 6.07) is 15.1. The van der Waals surface area contributed by atoms with E-state index in [1.807, 2.05) is 18.2 Å². The SMILES string of the molecule is Fc1ccc(CSc2cc3ccccc3[nH]2)c(Br)c1. The topological polar surface area (TPSA) is 15.8 Å². The largest absolute Gasteiger partial charge is 0.350 e. The molecule has 0 radical (unpaired) electrons. The van der Waals surface area contributed by atoms with Gasteiger partial charge in [-0.15, -0.1) is 11.8 Å². The minimum atomic E-state index is -0.216. The van der Waals surface area contributed by atoms with Gasteiger partial charge >= 0.3 is 0 Å².